The summed E-state index contributed by atoms with van der Waals surface area (Å²) in [5.41, 5.74) is 1.13. The van der Waals surface area contributed by atoms with Crippen molar-refractivity contribution < 1.29 is 14.3 Å². The van der Waals surface area contributed by atoms with Crippen LogP contribution in [0.25, 0.3) is 0 Å². The number of aliphatic hydroxyl groups excluding tert-OH is 1. The number of carbonyl (C=O) groups excluding carboxylic acids is 1. The highest BCUT2D eigenvalue weighted by atomic mass is 19.1. The Bertz CT molecular complexity index is 737. The van der Waals surface area contributed by atoms with Gasteiger partial charge in [0.1, 0.15) is 11.6 Å². The standard InChI is InChI=1S/C18H25FN4O2/c1-18(2,3)10-12-9-16(23(4)22-12)21-17(25)20-11-15(24)13-7-5-6-8-14(13)19/h5-9,15,24H,10-11H2,1-4H3,(H2,20,21,25)/t15-/m0/s1. The summed E-state index contributed by atoms with van der Waals surface area (Å²) >= 11 is 0. The van der Waals surface area contributed by atoms with Gasteiger partial charge < -0.3 is 10.4 Å². The van der Waals surface area contributed by atoms with Gasteiger partial charge in [-0.05, 0) is 17.9 Å². The molecule has 136 valence electrons. The van der Waals surface area contributed by atoms with Crippen molar-refractivity contribution >= 4 is 11.8 Å². The Hall–Kier alpha value is -2.41. The molecule has 0 aliphatic rings. The van der Waals surface area contributed by atoms with Crippen molar-refractivity contribution in [1.82, 2.24) is 15.1 Å². The Morgan fingerprint density at radius 3 is 2.68 bits per heavy atom. The van der Waals surface area contributed by atoms with Crippen molar-refractivity contribution in [2.24, 2.45) is 12.5 Å². The molecule has 6 nitrogen and oxygen atoms in total. The number of nitrogens with zero attached hydrogens (tertiary/aromatic N) is 2. The van der Waals surface area contributed by atoms with Crippen LogP contribution in [0.1, 0.15) is 38.1 Å². The molecule has 2 rings (SSSR count). The number of hydrogen-bond acceptors (Lipinski definition) is 3. The van der Waals surface area contributed by atoms with Crippen LogP contribution in [0.2, 0.25) is 0 Å². The van der Waals surface area contributed by atoms with Crippen molar-refractivity contribution in [3.8, 4) is 0 Å². The third-order valence-corrected chi connectivity index (χ3v) is 3.60. The van der Waals surface area contributed by atoms with E-state index in [0.717, 1.165) is 12.1 Å². The van der Waals surface area contributed by atoms with Gasteiger partial charge in [-0.1, -0.05) is 39.0 Å². The molecule has 0 radical (unpaired) electrons. The number of nitrogens with one attached hydrogen (secondary N) is 2. The van der Waals surface area contributed by atoms with Crippen LogP contribution in [0.5, 0.6) is 0 Å². The van der Waals surface area contributed by atoms with Crippen molar-refractivity contribution in [2.75, 3.05) is 11.9 Å². The van der Waals surface area contributed by atoms with E-state index in [4.69, 9.17) is 0 Å². The number of aromatic nitrogens is 2. The van der Waals surface area contributed by atoms with Crippen LogP contribution in [-0.2, 0) is 13.5 Å². The number of aliphatic hydroxyl groups is 1. The van der Waals surface area contributed by atoms with Crippen LogP contribution in [0.3, 0.4) is 0 Å². The van der Waals surface area contributed by atoms with Gasteiger partial charge in [-0.15, -0.1) is 0 Å². The molecule has 1 atom stereocenters. The minimum atomic E-state index is -1.12. The summed E-state index contributed by atoms with van der Waals surface area (Å²) in [5.74, 6) is 0.0489. The number of amides is 2. The maximum Gasteiger partial charge on any atom is 0.320 e. The predicted octanol–water partition coefficient (Wildman–Crippen LogP) is 3.00. The summed E-state index contributed by atoms with van der Waals surface area (Å²) in [5, 5.41) is 19.6. The molecule has 3 N–H and O–H groups in total. The van der Waals surface area contributed by atoms with E-state index in [1.807, 2.05) is 6.07 Å². The Labute approximate surface area is 147 Å². The molecular weight excluding hydrogens is 323 g/mol. The maximum atomic E-state index is 13.6. The lowest BCUT2D eigenvalue weighted by molar-refractivity contribution is 0.170. The Balaban J connectivity index is 1.91. The molecule has 0 bridgehead atoms. The number of carbonyl (C=O) groups is 1. The molecule has 0 fully saturated rings. The maximum absolute atomic E-state index is 13.6. The zero-order valence-electron chi connectivity index (χ0n) is 15.0. The van der Waals surface area contributed by atoms with Gasteiger partial charge in [-0.25, -0.2) is 9.18 Å². The van der Waals surface area contributed by atoms with E-state index in [1.54, 1.807) is 23.9 Å². The van der Waals surface area contributed by atoms with Gasteiger partial charge in [-0.3, -0.25) is 10.00 Å². The lowest BCUT2D eigenvalue weighted by Crippen LogP contribution is -2.33. The molecule has 0 aliphatic carbocycles. The van der Waals surface area contributed by atoms with Crippen LogP contribution < -0.4 is 10.6 Å². The van der Waals surface area contributed by atoms with Crippen LogP contribution >= 0.6 is 0 Å². The summed E-state index contributed by atoms with van der Waals surface area (Å²) in [6.07, 6.45) is -0.328. The van der Waals surface area contributed by atoms with E-state index < -0.39 is 18.0 Å². The molecule has 0 aliphatic heterocycles. The monoisotopic (exact) mass is 348 g/mol. The molecule has 2 aromatic rings. The topological polar surface area (TPSA) is 79.2 Å². The van der Waals surface area contributed by atoms with Crippen LogP contribution in [0, 0.1) is 11.2 Å². The zero-order chi connectivity index (χ0) is 18.6. The Morgan fingerprint density at radius 1 is 1.36 bits per heavy atom. The molecule has 0 unspecified atom stereocenters. The molecule has 0 saturated carbocycles. The lowest BCUT2D eigenvalue weighted by Gasteiger charge is -2.15. The number of anilines is 1. The van der Waals surface area contributed by atoms with Gasteiger partial charge >= 0.3 is 6.03 Å². The van der Waals surface area contributed by atoms with Gasteiger partial charge in [-0.2, -0.15) is 5.10 Å². The van der Waals surface area contributed by atoms with Gasteiger partial charge in [0.25, 0.3) is 0 Å². The first-order chi connectivity index (χ1) is 11.7. The second-order valence-corrected chi connectivity index (χ2v) is 7.25. The van der Waals surface area contributed by atoms with Crippen LogP contribution in [-0.4, -0.2) is 27.5 Å². The SMILES string of the molecule is Cn1nc(CC(C)(C)C)cc1NC(=O)NC[C@H](O)c1ccccc1F. The normalized spacial score (nSPS) is 12.7. The summed E-state index contributed by atoms with van der Waals surface area (Å²) in [6, 6.07) is 7.26. The highest BCUT2D eigenvalue weighted by molar-refractivity contribution is 5.88. The minimum absolute atomic E-state index is 0.0950. The third kappa shape index (κ3) is 5.56. The second-order valence-electron chi connectivity index (χ2n) is 7.25. The van der Waals surface area contributed by atoms with Crippen LogP contribution in [0.15, 0.2) is 30.3 Å². The second kappa shape index (κ2) is 7.65. The summed E-state index contributed by atoms with van der Waals surface area (Å²) < 4.78 is 15.2. The molecule has 1 aromatic carbocycles. The molecule has 0 spiro atoms. The smallest absolute Gasteiger partial charge is 0.320 e. The fraction of sp³-hybridized carbons (Fsp3) is 0.444. The molecule has 2 amide bonds. The van der Waals surface area contributed by atoms with Crippen molar-refractivity contribution in [3.63, 3.8) is 0 Å². The fourth-order valence-corrected chi connectivity index (χ4v) is 2.48. The van der Waals surface area contributed by atoms with E-state index in [1.165, 1.54) is 12.1 Å². The third-order valence-electron chi connectivity index (χ3n) is 3.60. The van der Waals surface area contributed by atoms with Crippen LogP contribution in [0.4, 0.5) is 15.0 Å². The zero-order valence-corrected chi connectivity index (χ0v) is 15.0. The minimum Gasteiger partial charge on any atom is -0.386 e. The number of rotatable bonds is 5. The van der Waals surface area contributed by atoms with Crippen molar-refractivity contribution in [3.05, 3.63) is 47.4 Å². The Morgan fingerprint density at radius 2 is 2.04 bits per heavy atom. The predicted molar refractivity (Wildman–Crippen MR) is 94.7 cm³/mol. The van der Waals surface area contributed by atoms with E-state index in [0.29, 0.717) is 5.82 Å². The molecule has 1 heterocycles. The quantitative estimate of drug-likeness (QED) is 0.777. The van der Waals surface area contributed by atoms with Crippen molar-refractivity contribution in [1.29, 1.82) is 0 Å². The summed E-state index contributed by atoms with van der Waals surface area (Å²) in [7, 11) is 1.75. The first kappa shape index (κ1) is 18.9. The molecule has 1 aromatic heterocycles. The van der Waals surface area contributed by atoms with E-state index in [2.05, 4.69) is 36.5 Å². The summed E-state index contributed by atoms with van der Waals surface area (Å²) in [4.78, 5) is 12.0. The number of halogens is 1. The first-order valence-electron chi connectivity index (χ1n) is 8.16. The molecule has 0 saturated heterocycles. The number of benzene rings is 1. The average molecular weight is 348 g/mol. The number of hydrogen-bond donors (Lipinski definition) is 3. The van der Waals surface area contributed by atoms with Gasteiger partial charge in [0.15, 0.2) is 0 Å². The van der Waals surface area contributed by atoms with E-state index in [9.17, 15) is 14.3 Å². The highest BCUT2D eigenvalue weighted by Gasteiger charge is 2.17. The number of urea groups is 1. The largest absolute Gasteiger partial charge is 0.386 e. The van der Waals surface area contributed by atoms with Crippen molar-refractivity contribution in [2.45, 2.75) is 33.3 Å². The average Bonchev–Trinajstić information content (AvgIpc) is 2.82. The fourth-order valence-electron chi connectivity index (χ4n) is 2.48. The molecular formula is C18H25FN4O2. The number of aryl methyl sites for hydroxylation is 1. The van der Waals surface area contributed by atoms with Gasteiger partial charge in [0.2, 0.25) is 0 Å². The molecule has 7 heteroatoms. The van der Waals surface area contributed by atoms with Gasteiger partial charge in [0.05, 0.1) is 11.8 Å². The highest BCUT2D eigenvalue weighted by Crippen LogP contribution is 2.21. The lowest BCUT2D eigenvalue weighted by atomic mass is 9.91. The molecule has 25 heavy (non-hydrogen) atoms. The van der Waals surface area contributed by atoms with Gasteiger partial charge in [0, 0.05) is 25.2 Å². The first-order valence-corrected chi connectivity index (χ1v) is 8.16. The Kier molecular flexibility index (Phi) is 5.79. The van der Waals surface area contributed by atoms with E-state index >= 15 is 0 Å². The summed E-state index contributed by atoms with van der Waals surface area (Å²) in [6.45, 7) is 6.25. The van der Waals surface area contributed by atoms with E-state index in [-0.39, 0.29) is 17.5 Å².